The normalized spacial score (nSPS) is 26.3. The molecule has 15 heavy (non-hydrogen) atoms. The topological polar surface area (TPSA) is 12.0 Å². The zero-order chi connectivity index (χ0) is 10.1. The Morgan fingerprint density at radius 2 is 2.13 bits per heavy atom. The smallest absolute Gasteiger partial charge is 0.00946 e. The molecule has 2 heterocycles. The Morgan fingerprint density at radius 3 is 2.93 bits per heavy atom. The van der Waals surface area contributed by atoms with E-state index in [-0.39, 0.29) is 0 Å². The van der Waals surface area contributed by atoms with E-state index in [0.717, 1.165) is 5.92 Å². The zero-order valence-electron chi connectivity index (χ0n) is 9.22. The van der Waals surface area contributed by atoms with Gasteiger partial charge in [0.2, 0.25) is 0 Å². The van der Waals surface area contributed by atoms with Gasteiger partial charge in [-0.25, -0.2) is 0 Å². The van der Waals surface area contributed by atoms with Crippen LogP contribution in [0.4, 0.5) is 0 Å². The van der Waals surface area contributed by atoms with Crippen LogP contribution in [-0.4, -0.2) is 13.1 Å². The Hall–Kier alpha value is -0.340. The van der Waals surface area contributed by atoms with Gasteiger partial charge in [0.05, 0.1) is 0 Å². The number of hydrogen-bond donors (Lipinski definition) is 1. The summed E-state index contributed by atoms with van der Waals surface area (Å²) in [6.45, 7) is 2.43. The van der Waals surface area contributed by atoms with E-state index in [4.69, 9.17) is 0 Å². The number of piperidine rings is 1. The monoisotopic (exact) mass is 221 g/mol. The standard InChI is InChI=1S/C13H19NS/c1-2-6-12-10(4-1)8-13(15-12)11-5-3-7-14-9-11/h8,11,14H,1-7,9H2. The first-order chi connectivity index (χ1) is 7.43. The molecule has 2 heteroatoms. The molecule has 1 aromatic rings. The van der Waals surface area contributed by atoms with Gasteiger partial charge in [0.1, 0.15) is 0 Å². The van der Waals surface area contributed by atoms with Crippen molar-refractivity contribution in [3.05, 3.63) is 21.4 Å². The van der Waals surface area contributed by atoms with Gasteiger partial charge in [-0.3, -0.25) is 0 Å². The van der Waals surface area contributed by atoms with Crippen LogP contribution < -0.4 is 5.32 Å². The minimum absolute atomic E-state index is 0.814. The van der Waals surface area contributed by atoms with Crippen LogP contribution in [0.5, 0.6) is 0 Å². The van der Waals surface area contributed by atoms with Gasteiger partial charge in [0.15, 0.2) is 0 Å². The van der Waals surface area contributed by atoms with Gasteiger partial charge in [-0.05, 0) is 56.7 Å². The summed E-state index contributed by atoms with van der Waals surface area (Å²) in [7, 11) is 0. The van der Waals surface area contributed by atoms with E-state index in [1.165, 1.54) is 51.6 Å². The molecule has 1 aliphatic heterocycles. The van der Waals surface area contributed by atoms with Crippen molar-refractivity contribution >= 4 is 11.3 Å². The highest BCUT2D eigenvalue weighted by molar-refractivity contribution is 7.12. The van der Waals surface area contributed by atoms with Crippen molar-refractivity contribution in [2.75, 3.05) is 13.1 Å². The van der Waals surface area contributed by atoms with Crippen LogP contribution in [0.25, 0.3) is 0 Å². The highest BCUT2D eigenvalue weighted by atomic mass is 32.1. The number of nitrogens with one attached hydrogen (secondary N) is 1. The van der Waals surface area contributed by atoms with E-state index in [0.29, 0.717) is 0 Å². The second-order valence-electron chi connectivity index (χ2n) is 4.85. The minimum atomic E-state index is 0.814. The highest BCUT2D eigenvalue weighted by Crippen LogP contribution is 2.35. The van der Waals surface area contributed by atoms with Crippen LogP contribution in [-0.2, 0) is 12.8 Å². The summed E-state index contributed by atoms with van der Waals surface area (Å²) in [4.78, 5) is 3.36. The SMILES string of the molecule is c1c(C2CCCNC2)sc2c1CCCC2. The van der Waals surface area contributed by atoms with Crippen molar-refractivity contribution in [3.63, 3.8) is 0 Å². The van der Waals surface area contributed by atoms with E-state index in [1.54, 1.807) is 15.3 Å². The fourth-order valence-corrected chi connectivity index (χ4v) is 4.20. The first-order valence-corrected chi connectivity index (χ1v) is 7.07. The van der Waals surface area contributed by atoms with Gasteiger partial charge in [-0.2, -0.15) is 0 Å². The molecule has 0 spiro atoms. The van der Waals surface area contributed by atoms with E-state index in [2.05, 4.69) is 22.7 Å². The quantitative estimate of drug-likeness (QED) is 0.768. The third kappa shape index (κ3) is 1.98. The molecule has 1 atom stereocenters. The van der Waals surface area contributed by atoms with Gasteiger partial charge in [0.25, 0.3) is 0 Å². The van der Waals surface area contributed by atoms with Crippen molar-refractivity contribution in [1.82, 2.24) is 5.32 Å². The summed E-state index contributed by atoms with van der Waals surface area (Å²) < 4.78 is 0. The second kappa shape index (κ2) is 4.26. The molecule has 0 bridgehead atoms. The lowest BCUT2D eigenvalue weighted by Gasteiger charge is -2.21. The molecule has 2 aliphatic rings. The van der Waals surface area contributed by atoms with Crippen molar-refractivity contribution in [2.45, 2.75) is 44.4 Å². The molecule has 0 aromatic carbocycles. The molecule has 1 fully saturated rings. The van der Waals surface area contributed by atoms with E-state index >= 15 is 0 Å². The molecule has 1 aliphatic carbocycles. The van der Waals surface area contributed by atoms with Gasteiger partial charge in [-0.1, -0.05) is 0 Å². The van der Waals surface area contributed by atoms with Crippen LogP contribution in [0.1, 0.15) is 46.9 Å². The van der Waals surface area contributed by atoms with Crippen molar-refractivity contribution in [2.24, 2.45) is 0 Å². The summed E-state index contributed by atoms with van der Waals surface area (Å²) in [6, 6.07) is 2.51. The van der Waals surface area contributed by atoms with Gasteiger partial charge < -0.3 is 5.32 Å². The molecule has 0 amide bonds. The van der Waals surface area contributed by atoms with Gasteiger partial charge in [-0.15, -0.1) is 11.3 Å². The Morgan fingerprint density at radius 1 is 1.20 bits per heavy atom. The minimum Gasteiger partial charge on any atom is -0.316 e. The maximum Gasteiger partial charge on any atom is 0.00946 e. The molecule has 0 saturated carbocycles. The van der Waals surface area contributed by atoms with Crippen molar-refractivity contribution < 1.29 is 0 Å². The number of thiophene rings is 1. The van der Waals surface area contributed by atoms with Gasteiger partial charge >= 0.3 is 0 Å². The first kappa shape index (κ1) is 9.86. The predicted molar refractivity (Wildman–Crippen MR) is 65.8 cm³/mol. The fraction of sp³-hybridized carbons (Fsp3) is 0.692. The number of rotatable bonds is 1. The molecule has 3 rings (SSSR count). The Kier molecular flexibility index (Phi) is 2.80. The molecule has 0 radical (unpaired) electrons. The third-order valence-corrected chi connectivity index (χ3v) is 5.11. The van der Waals surface area contributed by atoms with Crippen LogP contribution >= 0.6 is 11.3 Å². The lowest BCUT2D eigenvalue weighted by atomic mass is 9.95. The predicted octanol–water partition coefficient (Wildman–Crippen LogP) is 3.09. The lowest BCUT2D eigenvalue weighted by molar-refractivity contribution is 0.466. The summed E-state index contributed by atoms with van der Waals surface area (Å²) in [5, 5.41) is 3.52. The number of fused-ring (bicyclic) bond motifs is 1. The average molecular weight is 221 g/mol. The lowest BCUT2D eigenvalue weighted by Crippen LogP contribution is -2.27. The molecular formula is C13H19NS. The van der Waals surface area contributed by atoms with E-state index in [1.807, 2.05) is 0 Å². The Labute approximate surface area is 95.9 Å². The highest BCUT2D eigenvalue weighted by Gasteiger charge is 2.20. The molecule has 1 aromatic heterocycles. The molecule has 1 nitrogen and oxygen atoms in total. The van der Waals surface area contributed by atoms with Crippen LogP contribution in [0, 0.1) is 0 Å². The Balaban J connectivity index is 1.82. The Bertz CT molecular complexity index is 313. The van der Waals surface area contributed by atoms with Crippen molar-refractivity contribution in [3.8, 4) is 0 Å². The summed E-state index contributed by atoms with van der Waals surface area (Å²) in [5.41, 5.74) is 1.67. The van der Waals surface area contributed by atoms with Crippen LogP contribution in [0.15, 0.2) is 6.07 Å². The largest absolute Gasteiger partial charge is 0.316 e. The molecule has 1 unspecified atom stereocenters. The zero-order valence-corrected chi connectivity index (χ0v) is 10.0. The maximum absolute atomic E-state index is 3.52. The van der Waals surface area contributed by atoms with Crippen LogP contribution in [0.2, 0.25) is 0 Å². The van der Waals surface area contributed by atoms with Crippen molar-refractivity contribution in [1.29, 1.82) is 0 Å². The number of aryl methyl sites for hydroxylation is 2. The summed E-state index contributed by atoms with van der Waals surface area (Å²) >= 11 is 2.10. The molecule has 82 valence electrons. The fourth-order valence-electron chi connectivity index (χ4n) is 2.81. The molecule has 1 saturated heterocycles. The summed E-state index contributed by atoms with van der Waals surface area (Å²) in [5.74, 6) is 0.814. The average Bonchev–Trinajstić information content (AvgIpc) is 2.74. The van der Waals surface area contributed by atoms with Crippen LogP contribution in [0.3, 0.4) is 0 Å². The van der Waals surface area contributed by atoms with E-state index in [9.17, 15) is 0 Å². The summed E-state index contributed by atoms with van der Waals surface area (Å²) in [6.07, 6.45) is 8.26. The first-order valence-electron chi connectivity index (χ1n) is 6.25. The van der Waals surface area contributed by atoms with Gasteiger partial charge in [0, 0.05) is 22.2 Å². The number of hydrogen-bond acceptors (Lipinski definition) is 2. The third-order valence-electron chi connectivity index (χ3n) is 3.71. The van der Waals surface area contributed by atoms with E-state index < -0.39 is 0 Å². The molecule has 1 N–H and O–H groups in total. The maximum atomic E-state index is 3.52. The second-order valence-corrected chi connectivity index (χ2v) is 6.02. The molecular weight excluding hydrogens is 202 g/mol.